The molecule has 1 unspecified atom stereocenters. The van der Waals surface area contributed by atoms with Crippen LogP contribution in [-0.2, 0) is 20.7 Å². The largest absolute Gasteiger partial charge is 0.508 e. The summed E-state index contributed by atoms with van der Waals surface area (Å²) >= 11 is 0. The number of rotatable bonds is 8. The van der Waals surface area contributed by atoms with E-state index in [9.17, 15) is 24.6 Å². The Morgan fingerprint density at radius 1 is 1.00 bits per heavy atom. The zero-order chi connectivity index (χ0) is 27.7. The number of anilines is 1. The fourth-order valence-electron chi connectivity index (χ4n) is 4.67. The molecule has 0 bridgehead atoms. The lowest BCUT2D eigenvalue weighted by Crippen LogP contribution is -2.31. The van der Waals surface area contributed by atoms with Crippen molar-refractivity contribution in [2.45, 2.75) is 19.4 Å². The van der Waals surface area contributed by atoms with Crippen molar-refractivity contribution in [1.82, 2.24) is 0 Å². The first-order valence-electron chi connectivity index (χ1n) is 12.2. The van der Waals surface area contributed by atoms with Crippen molar-refractivity contribution in [2.24, 2.45) is 0 Å². The third-order valence-electron chi connectivity index (χ3n) is 6.48. The van der Waals surface area contributed by atoms with Crippen LogP contribution in [0.4, 0.5) is 5.69 Å². The topological polar surface area (TPSA) is 127 Å². The molecular formula is C30H25NO8. The quantitative estimate of drug-likeness (QED) is 0.241. The lowest BCUT2D eigenvalue weighted by atomic mass is 9.94. The number of carbonyl (C=O) groups is 3. The van der Waals surface area contributed by atoms with Crippen LogP contribution >= 0.6 is 0 Å². The van der Waals surface area contributed by atoms with Gasteiger partial charge in [0.05, 0.1) is 31.8 Å². The summed E-state index contributed by atoms with van der Waals surface area (Å²) in [6.45, 7) is 2.00. The van der Waals surface area contributed by atoms with Gasteiger partial charge in [-0.1, -0.05) is 36.4 Å². The summed E-state index contributed by atoms with van der Waals surface area (Å²) in [6.07, 6.45) is 0.0617. The number of aromatic hydroxyl groups is 1. The van der Waals surface area contributed by atoms with Crippen LogP contribution in [0, 0.1) is 0 Å². The van der Waals surface area contributed by atoms with Gasteiger partial charge in [0.25, 0.3) is 5.91 Å². The molecule has 4 aromatic rings. The van der Waals surface area contributed by atoms with Crippen molar-refractivity contribution in [3.8, 4) is 11.5 Å². The highest BCUT2D eigenvalue weighted by Gasteiger charge is 2.45. The van der Waals surface area contributed by atoms with E-state index in [2.05, 4.69) is 0 Å². The Bertz CT molecular complexity index is 1600. The number of ketones is 1. The number of para-hydroxylation sites is 1. The Morgan fingerprint density at radius 2 is 1.72 bits per heavy atom. The molecular weight excluding hydrogens is 502 g/mol. The number of fused-ring (bicyclic) bond motifs is 1. The first-order chi connectivity index (χ1) is 18.8. The Kier molecular flexibility index (Phi) is 6.81. The molecule has 9 heteroatoms. The van der Waals surface area contributed by atoms with E-state index in [1.807, 2.05) is 0 Å². The van der Waals surface area contributed by atoms with Crippen molar-refractivity contribution in [3.63, 3.8) is 0 Å². The summed E-state index contributed by atoms with van der Waals surface area (Å²) < 4.78 is 16.2. The number of methoxy groups -OCH3 is 1. The van der Waals surface area contributed by atoms with Gasteiger partial charge in [-0.2, -0.15) is 0 Å². The Morgan fingerprint density at radius 3 is 2.38 bits per heavy atom. The number of phenols is 1. The molecule has 9 nitrogen and oxygen atoms in total. The minimum atomic E-state index is -1.02. The van der Waals surface area contributed by atoms with E-state index in [0.29, 0.717) is 33.5 Å². The fourth-order valence-corrected chi connectivity index (χ4v) is 4.67. The van der Waals surface area contributed by atoms with Gasteiger partial charge in [-0.05, 0) is 54.4 Å². The maximum Gasteiger partial charge on any atom is 0.310 e. The summed E-state index contributed by atoms with van der Waals surface area (Å²) in [5, 5.41) is 21.5. The van der Waals surface area contributed by atoms with Gasteiger partial charge in [-0.25, -0.2) is 0 Å². The van der Waals surface area contributed by atoms with E-state index < -0.39 is 23.5 Å². The second-order valence-corrected chi connectivity index (χ2v) is 8.90. The number of Topliss-reactive ketones (excluding diaryl/α,β-unsaturated/α-hetero) is 1. The average molecular weight is 528 g/mol. The van der Waals surface area contributed by atoms with Crippen molar-refractivity contribution in [2.75, 3.05) is 18.6 Å². The van der Waals surface area contributed by atoms with Crippen molar-refractivity contribution >= 4 is 34.3 Å². The molecule has 0 fully saturated rings. The second kappa shape index (κ2) is 10.4. The molecule has 1 atom stereocenters. The van der Waals surface area contributed by atoms with Crippen LogP contribution in [0.2, 0.25) is 0 Å². The van der Waals surface area contributed by atoms with Crippen LogP contribution in [0.5, 0.6) is 11.5 Å². The predicted molar refractivity (Wildman–Crippen MR) is 142 cm³/mol. The van der Waals surface area contributed by atoms with Crippen molar-refractivity contribution < 1.29 is 38.5 Å². The van der Waals surface area contributed by atoms with Gasteiger partial charge in [0.15, 0.2) is 22.9 Å². The zero-order valence-corrected chi connectivity index (χ0v) is 21.2. The third-order valence-corrected chi connectivity index (χ3v) is 6.48. The highest BCUT2D eigenvalue weighted by atomic mass is 16.5. The molecule has 1 aliphatic rings. The Labute approximate surface area is 223 Å². The number of ether oxygens (including phenoxy) is 2. The number of hydrogen-bond donors (Lipinski definition) is 2. The van der Waals surface area contributed by atoms with E-state index in [1.54, 1.807) is 61.5 Å². The van der Waals surface area contributed by atoms with Crippen molar-refractivity contribution in [3.05, 3.63) is 101 Å². The fraction of sp³-hybridized carbons (Fsp3) is 0.167. The van der Waals surface area contributed by atoms with Gasteiger partial charge < -0.3 is 24.1 Å². The summed E-state index contributed by atoms with van der Waals surface area (Å²) in [5.74, 6) is -2.16. The molecule has 0 radical (unpaired) electrons. The molecule has 1 aliphatic heterocycles. The molecule has 198 valence electrons. The van der Waals surface area contributed by atoms with Crippen LogP contribution in [0.15, 0.2) is 88.5 Å². The first-order valence-corrected chi connectivity index (χ1v) is 12.2. The average Bonchev–Trinajstić information content (AvgIpc) is 3.48. The minimum Gasteiger partial charge on any atom is -0.508 e. The van der Waals surface area contributed by atoms with E-state index >= 15 is 0 Å². The molecule has 0 saturated heterocycles. The van der Waals surface area contributed by atoms with Gasteiger partial charge >= 0.3 is 5.97 Å². The lowest BCUT2D eigenvalue weighted by Gasteiger charge is -2.27. The van der Waals surface area contributed by atoms with E-state index in [0.717, 1.165) is 0 Å². The smallest absolute Gasteiger partial charge is 0.310 e. The monoisotopic (exact) mass is 527 g/mol. The Balaban J connectivity index is 1.56. The standard InChI is InChI=1S/C30H25NO8/c1-3-38-24(33)15-17-7-11-20(12-8-17)31-26(18-9-13-21(32)14-10-18)25(28(35)30(31)36)27(34)23-16-19-5-4-6-22(37-2)29(19)39-23/h4-14,16,26,32,35H,3,15H2,1-2H3. The molecule has 0 spiro atoms. The summed E-state index contributed by atoms with van der Waals surface area (Å²) in [7, 11) is 1.49. The molecule has 3 aromatic carbocycles. The molecule has 5 rings (SSSR count). The normalized spacial score (nSPS) is 15.2. The highest BCUT2D eigenvalue weighted by Crippen LogP contribution is 2.43. The van der Waals surface area contributed by atoms with Gasteiger partial charge in [0.2, 0.25) is 5.78 Å². The number of amides is 1. The number of hydrogen-bond acceptors (Lipinski definition) is 8. The maximum atomic E-state index is 13.8. The maximum absolute atomic E-state index is 13.8. The molecule has 1 aromatic heterocycles. The first kappa shape index (κ1) is 25.6. The third kappa shape index (κ3) is 4.70. The number of nitrogens with zero attached hydrogens (tertiary/aromatic N) is 1. The van der Waals surface area contributed by atoms with Gasteiger partial charge in [-0.3, -0.25) is 19.3 Å². The number of aliphatic hydroxyl groups excluding tert-OH is 1. The van der Waals surface area contributed by atoms with Gasteiger partial charge in [-0.15, -0.1) is 0 Å². The number of benzene rings is 3. The molecule has 2 N–H and O–H groups in total. The molecule has 39 heavy (non-hydrogen) atoms. The van der Waals surface area contributed by atoms with Crippen LogP contribution < -0.4 is 9.64 Å². The summed E-state index contributed by atoms with van der Waals surface area (Å²) in [6, 6.07) is 18.4. The number of phenolic OH excluding ortho intramolecular Hbond substituents is 1. The van der Waals surface area contributed by atoms with Crippen LogP contribution in [0.3, 0.4) is 0 Å². The molecule has 2 heterocycles. The van der Waals surface area contributed by atoms with Gasteiger partial charge in [0.1, 0.15) is 5.75 Å². The number of furan rings is 1. The zero-order valence-electron chi connectivity index (χ0n) is 21.2. The van der Waals surface area contributed by atoms with Crippen LogP contribution in [0.1, 0.15) is 34.6 Å². The number of aliphatic hydroxyl groups is 1. The van der Waals surface area contributed by atoms with E-state index in [4.69, 9.17) is 13.9 Å². The summed E-state index contributed by atoms with van der Waals surface area (Å²) in [5.41, 5.74) is 1.75. The highest BCUT2D eigenvalue weighted by molar-refractivity contribution is 6.20. The Hall–Kier alpha value is -5.05. The SMILES string of the molecule is CCOC(=O)Cc1ccc(N2C(=O)C(O)=C(C(=O)c3cc4cccc(OC)c4o3)C2c2ccc(O)cc2)cc1. The second-order valence-electron chi connectivity index (χ2n) is 8.90. The van der Waals surface area contributed by atoms with Crippen molar-refractivity contribution in [1.29, 1.82) is 0 Å². The van der Waals surface area contributed by atoms with Crippen LogP contribution in [-0.4, -0.2) is 41.6 Å². The molecule has 1 amide bonds. The van der Waals surface area contributed by atoms with Gasteiger partial charge in [0, 0.05) is 11.1 Å². The number of carbonyl (C=O) groups excluding carboxylic acids is 3. The predicted octanol–water partition coefficient (Wildman–Crippen LogP) is 5.04. The summed E-state index contributed by atoms with van der Waals surface area (Å²) in [4.78, 5) is 40.4. The van der Waals surface area contributed by atoms with E-state index in [-0.39, 0.29) is 36.1 Å². The molecule has 0 saturated carbocycles. The number of esters is 1. The lowest BCUT2D eigenvalue weighted by molar-refractivity contribution is -0.142. The van der Waals surface area contributed by atoms with E-state index in [1.165, 1.54) is 30.2 Å². The van der Waals surface area contributed by atoms with Crippen LogP contribution in [0.25, 0.3) is 11.0 Å². The minimum absolute atomic E-state index is 0.00315. The molecule has 0 aliphatic carbocycles.